The molecule has 0 aliphatic carbocycles. The lowest BCUT2D eigenvalue weighted by Gasteiger charge is -2.26. The second-order valence-corrected chi connectivity index (χ2v) is 8.30. The standard InChI is InChI=1S/C20H19BrF5NO2S/c1-9(2)8-11-13(19(28)29-3)15(18(22)23)27-17(20(24,25)26)14(11)16(30)10-6-4-5-7-12(10)21/h4-7,9,16,18,30H,8H2,1-3H3. The number of thiol groups is 1. The minimum Gasteiger partial charge on any atom is -0.465 e. The number of ether oxygens (including phenoxy) is 1. The minimum absolute atomic E-state index is 0.0768. The van der Waals surface area contributed by atoms with Crippen molar-refractivity contribution in [1.29, 1.82) is 0 Å². The van der Waals surface area contributed by atoms with Gasteiger partial charge in [-0.1, -0.05) is 48.0 Å². The van der Waals surface area contributed by atoms with Gasteiger partial charge < -0.3 is 4.74 Å². The highest BCUT2D eigenvalue weighted by Gasteiger charge is 2.42. The number of carbonyl (C=O) groups excluding carboxylic acids is 1. The Bertz CT molecular complexity index is 934. The molecule has 0 fully saturated rings. The highest BCUT2D eigenvalue weighted by molar-refractivity contribution is 9.10. The summed E-state index contributed by atoms with van der Waals surface area (Å²) in [6, 6.07) is 6.46. The predicted molar refractivity (Wildman–Crippen MR) is 109 cm³/mol. The van der Waals surface area contributed by atoms with E-state index in [2.05, 4.69) is 38.3 Å². The molecule has 1 unspecified atom stereocenters. The fraction of sp³-hybridized carbons (Fsp3) is 0.400. The molecular weight excluding hydrogens is 493 g/mol. The number of halogens is 6. The van der Waals surface area contributed by atoms with Gasteiger partial charge in [-0.2, -0.15) is 25.8 Å². The first-order chi connectivity index (χ1) is 13.9. The second kappa shape index (κ2) is 9.64. The molecule has 0 amide bonds. The Morgan fingerprint density at radius 1 is 1.23 bits per heavy atom. The Morgan fingerprint density at radius 3 is 2.30 bits per heavy atom. The highest BCUT2D eigenvalue weighted by Crippen LogP contribution is 2.45. The van der Waals surface area contributed by atoms with E-state index in [0.717, 1.165) is 7.11 Å². The average Bonchev–Trinajstić information content (AvgIpc) is 2.65. The van der Waals surface area contributed by atoms with E-state index in [1.54, 1.807) is 38.1 Å². The summed E-state index contributed by atoms with van der Waals surface area (Å²) < 4.78 is 74.2. The molecule has 30 heavy (non-hydrogen) atoms. The van der Waals surface area contributed by atoms with Crippen molar-refractivity contribution in [3.05, 3.63) is 62.4 Å². The summed E-state index contributed by atoms with van der Waals surface area (Å²) in [6.07, 6.45) is -8.52. The van der Waals surface area contributed by atoms with Crippen molar-refractivity contribution in [3.63, 3.8) is 0 Å². The molecule has 0 spiro atoms. The largest absolute Gasteiger partial charge is 0.465 e. The molecule has 1 aromatic carbocycles. The lowest BCUT2D eigenvalue weighted by molar-refractivity contribution is -0.142. The van der Waals surface area contributed by atoms with Gasteiger partial charge in [-0.3, -0.25) is 0 Å². The smallest absolute Gasteiger partial charge is 0.433 e. The Kier molecular flexibility index (Phi) is 7.90. The van der Waals surface area contributed by atoms with Crippen LogP contribution in [0.15, 0.2) is 28.7 Å². The van der Waals surface area contributed by atoms with Crippen molar-refractivity contribution in [2.45, 2.75) is 38.1 Å². The first-order valence-electron chi connectivity index (χ1n) is 8.82. The zero-order valence-electron chi connectivity index (χ0n) is 16.2. The average molecular weight is 512 g/mol. The van der Waals surface area contributed by atoms with Gasteiger partial charge in [0.1, 0.15) is 11.4 Å². The molecule has 0 aliphatic rings. The van der Waals surface area contributed by atoms with Gasteiger partial charge in [0.05, 0.1) is 17.9 Å². The van der Waals surface area contributed by atoms with Crippen LogP contribution >= 0.6 is 28.6 Å². The zero-order chi connectivity index (χ0) is 22.8. The molecule has 0 radical (unpaired) electrons. The molecule has 1 atom stereocenters. The van der Waals surface area contributed by atoms with Gasteiger partial charge in [-0.05, 0) is 29.5 Å². The van der Waals surface area contributed by atoms with Crippen LogP contribution in [0.4, 0.5) is 22.0 Å². The molecule has 0 saturated heterocycles. The number of alkyl halides is 5. The van der Waals surface area contributed by atoms with Gasteiger partial charge in [0.15, 0.2) is 0 Å². The van der Waals surface area contributed by atoms with Crippen LogP contribution in [0, 0.1) is 5.92 Å². The molecule has 2 aromatic rings. The predicted octanol–water partition coefficient (Wildman–Crippen LogP) is 6.80. The quantitative estimate of drug-likeness (QED) is 0.263. The summed E-state index contributed by atoms with van der Waals surface area (Å²) in [5, 5.41) is -1.19. The summed E-state index contributed by atoms with van der Waals surface area (Å²) in [6.45, 7) is 3.40. The number of nitrogens with zero attached hydrogens (tertiary/aromatic N) is 1. The van der Waals surface area contributed by atoms with Crippen LogP contribution in [0.5, 0.6) is 0 Å². The maximum absolute atomic E-state index is 13.9. The van der Waals surface area contributed by atoms with Gasteiger partial charge in [0.25, 0.3) is 6.43 Å². The molecule has 2 rings (SSSR count). The van der Waals surface area contributed by atoms with Crippen molar-refractivity contribution >= 4 is 34.5 Å². The molecule has 0 saturated carbocycles. The fourth-order valence-corrected chi connectivity index (χ4v) is 4.33. The zero-order valence-corrected chi connectivity index (χ0v) is 18.7. The topological polar surface area (TPSA) is 39.2 Å². The molecule has 10 heteroatoms. The summed E-state index contributed by atoms with van der Waals surface area (Å²) in [4.78, 5) is 15.6. The maximum Gasteiger partial charge on any atom is 0.433 e. The van der Waals surface area contributed by atoms with Crippen molar-refractivity contribution in [2.24, 2.45) is 5.92 Å². The Hall–Kier alpha value is -1.68. The van der Waals surface area contributed by atoms with E-state index in [4.69, 9.17) is 0 Å². The van der Waals surface area contributed by atoms with Crippen LogP contribution in [0.2, 0.25) is 0 Å². The van der Waals surface area contributed by atoms with Gasteiger partial charge in [-0.15, -0.1) is 0 Å². The Labute approximate surface area is 184 Å². The van der Waals surface area contributed by atoms with Crippen molar-refractivity contribution in [2.75, 3.05) is 7.11 Å². The summed E-state index contributed by atoms with van der Waals surface area (Å²) in [7, 11) is 0.972. The van der Waals surface area contributed by atoms with Crippen molar-refractivity contribution in [3.8, 4) is 0 Å². The molecule has 3 nitrogen and oxygen atoms in total. The molecule has 0 N–H and O–H groups in total. The Balaban J connectivity index is 3.02. The first-order valence-corrected chi connectivity index (χ1v) is 10.1. The van der Waals surface area contributed by atoms with E-state index < -0.39 is 46.3 Å². The number of methoxy groups -OCH3 is 1. The van der Waals surface area contributed by atoms with Gasteiger partial charge in [-0.25, -0.2) is 18.6 Å². The van der Waals surface area contributed by atoms with Crippen LogP contribution in [0.25, 0.3) is 0 Å². The molecule has 1 heterocycles. The molecule has 0 bridgehead atoms. The molecule has 164 valence electrons. The number of aromatic nitrogens is 1. The lowest BCUT2D eigenvalue weighted by Crippen LogP contribution is -2.23. The SMILES string of the molecule is COC(=O)c1c(C(F)F)nc(C(F)(F)F)c(C(S)c2ccccc2Br)c1CC(C)C. The van der Waals surface area contributed by atoms with E-state index in [1.807, 2.05) is 0 Å². The van der Waals surface area contributed by atoms with Crippen molar-refractivity contribution in [1.82, 2.24) is 4.98 Å². The van der Waals surface area contributed by atoms with Crippen LogP contribution in [0.3, 0.4) is 0 Å². The molecular formula is C20H19BrF5NO2S. The lowest BCUT2D eigenvalue weighted by atomic mass is 9.87. The van der Waals surface area contributed by atoms with E-state index in [-0.39, 0.29) is 17.9 Å². The summed E-state index contributed by atoms with van der Waals surface area (Å²) in [5.41, 5.74) is -3.63. The monoisotopic (exact) mass is 511 g/mol. The van der Waals surface area contributed by atoms with E-state index in [0.29, 0.717) is 10.0 Å². The van der Waals surface area contributed by atoms with Crippen LogP contribution in [0.1, 0.15) is 64.0 Å². The second-order valence-electron chi connectivity index (χ2n) is 6.92. The maximum atomic E-state index is 13.9. The van der Waals surface area contributed by atoms with Gasteiger partial charge in [0, 0.05) is 10.0 Å². The number of rotatable bonds is 6. The van der Waals surface area contributed by atoms with Crippen LogP contribution in [-0.2, 0) is 17.3 Å². The number of carbonyl (C=O) groups is 1. The number of esters is 1. The normalized spacial score (nSPS) is 13.1. The molecule has 1 aromatic heterocycles. The van der Waals surface area contributed by atoms with Gasteiger partial charge >= 0.3 is 12.1 Å². The number of pyridine rings is 1. The third kappa shape index (κ3) is 5.14. The summed E-state index contributed by atoms with van der Waals surface area (Å²) in [5.74, 6) is -1.42. The fourth-order valence-electron chi connectivity index (χ4n) is 3.14. The Morgan fingerprint density at radius 2 is 1.83 bits per heavy atom. The third-order valence-electron chi connectivity index (χ3n) is 4.32. The van der Waals surface area contributed by atoms with E-state index >= 15 is 0 Å². The first kappa shape index (κ1) is 24.6. The van der Waals surface area contributed by atoms with Crippen LogP contribution in [-0.4, -0.2) is 18.1 Å². The third-order valence-corrected chi connectivity index (χ3v) is 5.58. The van der Waals surface area contributed by atoms with Crippen LogP contribution < -0.4 is 0 Å². The minimum atomic E-state index is -5.04. The van der Waals surface area contributed by atoms with E-state index in [9.17, 15) is 26.7 Å². The molecule has 0 aliphatic heterocycles. The van der Waals surface area contributed by atoms with E-state index in [1.165, 1.54) is 0 Å². The number of hydrogen-bond acceptors (Lipinski definition) is 4. The summed E-state index contributed by atoms with van der Waals surface area (Å²) >= 11 is 7.68. The van der Waals surface area contributed by atoms with Crippen molar-refractivity contribution < 1.29 is 31.5 Å². The number of benzene rings is 1. The van der Waals surface area contributed by atoms with Gasteiger partial charge in [0.2, 0.25) is 0 Å². The highest BCUT2D eigenvalue weighted by atomic mass is 79.9. The number of hydrogen-bond donors (Lipinski definition) is 1.